The Morgan fingerprint density at radius 1 is 0.968 bits per heavy atom. The minimum atomic E-state index is -3.85. The lowest BCUT2D eigenvalue weighted by atomic mass is 10.2. The molecule has 0 aromatic heterocycles. The molecule has 0 spiro atoms. The number of sulfonamides is 1. The van der Waals surface area contributed by atoms with Crippen molar-refractivity contribution in [3.8, 4) is 0 Å². The molecular weight excluding hydrogens is 475 g/mol. The summed E-state index contributed by atoms with van der Waals surface area (Å²) in [6, 6.07) is 18.3. The number of benzene rings is 3. The highest BCUT2D eigenvalue weighted by Gasteiger charge is 2.18. The first-order chi connectivity index (χ1) is 14.6. The summed E-state index contributed by atoms with van der Waals surface area (Å²) in [7, 11) is -3.85. The number of thioether (sulfide) groups is 1. The van der Waals surface area contributed by atoms with Crippen molar-refractivity contribution in [1.29, 1.82) is 0 Å². The highest BCUT2D eigenvalue weighted by molar-refractivity contribution is 8.00. The molecule has 0 aliphatic rings. The van der Waals surface area contributed by atoms with Gasteiger partial charge >= 0.3 is 0 Å². The Hall–Kier alpha value is -2.19. The molecule has 3 aromatic rings. The van der Waals surface area contributed by atoms with Gasteiger partial charge in [-0.3, -0.25) is 9.52 Å². The topological polar surface area (TPSA) is 75.3 Å². The SMILES string of the molecule is Cc1ccc(S[C@@H](C)C(=O)Nc2ccc(S(=O)(=O)Nc3ccc(Cl)cc3Cl)cc2)cc1. The lowest BCUT2D eigenvalue weighted by molar-refractivity contribution is -0.115. The van der Waals surface area contributed by atoms with Gasteiger partial charge in [0.15, 0.2) is 0 Å². The van der Waals surface area contributed by atoms with E-state index in [1.54, 1.807) is 18.2 Å². The quantitative estimate of drug-likeness (QED) is 0.382. The lowest BCUT2D eigenvalue weighted by Gasteiger charge is -2.13. The van der Waals surface area contributed by atoms with Crippen LogP contribution in [0.3, 0.4) is 0 Å². The van der Waals surface area contributed by atoms with E-state index in [2.05, 4.69) is 10.0 Å². The van der Waals surface area contributed by atoms with Gasteiger partial charge in [-0.15, -0.1) is 11.8 Å². The van der Waals surface area contributed by atoms with Crippen LogP contribution in [0, 0.1) is 6.92 Å². The minimum Gasteiger partial charge on any atom is -0.325 e. The molecule has 0 radical (unpaired) electrons. The number of rotatable bonds is 7. The van der Waals surface area contributed by atoms with Crippen molar-refractivity contribution in [3.05, 3.63) is 82.3 Å². The number of nitrogens with one attached hydrogen (secondary N) is 2. The van der Waals surface area contributed by atoms with Crippen LogP contribution < -0.4 is 10.0 Å². The third-order valence-electron chi connectivity index (χ3n) is 4.31. The zero-order valence-corrected chi connectivity index (χ0v) is 19.9. The monoisotopic (exact) mass is 494 g/mol. The molecule has 2 N–H and O–H groups in total. The molecule has 0 aliphatic heterocycles. The second-order valence-corrected chi connectivity index (χ2v) is 10.8. The third-order valence-corrected chi connectivity index (χ3v) is 7.35. The number of aryl methyl sites for hydroxylation is 1. The van der Waals surface area contributed by atoms with Gasteiger partial charge in [-0.1, -0.05) is 40.9 Å². The Labute approximate surface area is 196 Å². The number of hydrogen-bond acceptors (Lipinski definition) is 4. The maximum Gasteiger partial charge on any atom is 0.261 e. The van der Waals surface area contributed by atoms with E-state index in [1.165, 1.54) is 36.0 Å². The molecule has 31 heavy (non-hydrogen) atoms. The Kier molecular flexibility index (Phi) is 7.54. The van der Waals surface area contributed by atoms with Crippen LogP contribution in [-0.4, -0.2) is 19.6 Å². The van der Waals surface area contributed by atoms with Gasteiger partial charge in [0.05, 0.1) is 20.9 Å². The summed E-state index contributed by atoms with van der Waals surface area (Å²) in [6.45, 7) is 3.83. The molecule has 0 saturated heterocycles. The summed E-state index contributed by atoms with van der Waals surface area (Å²) in [4.78, 5) is 13.5. The smallest absolute Gasteiger partial charge is 0.261 e. The number of amides is 1. The van der Waals surface area contributed by atoms with Crippen molar-refractivity contribution < 1.29 is 13.2 Å². The average molecular weight is 495 g/mol. The van der Waals surface area contributed by atoms with Crippen LogP contribution in [0.2, 0.25) is 10.0 Å². The zero-order chi connectivity index (χ0) is 22.6. The van der Waals surface area contributed by atoms with Gasteiger partial charge in [-0.25, -0.2) is 8.42 Å². The first-order valence-electron chi connectivity index (χ1n) is 9.26. The molecule has 0 fully saturated rings. The molecule has 1 amide bonds. The number of anilines is 2. The number of carbonyl (C=O) groups excluding carboxylic acids is 1. The Morgan fingerprint density at radius 3 is 2.23 bits per heavy atom. The molecule has 3 aromatic carbocycles. The maximum absolute atomic E-state index is 12.6. The van der Waals surface area contributed by atoms with Crippen molar-refractivity contribution in [2.75, 3.05) is 10.0 Å². The predicted molar refractivity (Wildman–Crippen MR) is 129 cm³/mol. The summed E-state index contributed by atoms with van der Waals surface area (Å²) in [5, 5.41) is 3.09. The van der Waals surface area contributed by atoms with Crippen LogP contribution in [0.5, 0.6) is 0 Å². The van der Waals surface area contributed by atoms with E-state index in [9.17, 15) is 13.2 Å². The number of hydrogen-bond donors (Lipinski definition) is 2. The minimum absolute atomic E-state index is 0.0404. The largest absolute Gasteiger partial charge is 0.325 e. The first-order valence-corrected chi connectivity index (χ1v) is 12.4. The second-order valence-electron chi connectivity index (χ2n) is 6.82. The van der Waals surface area contributed by atoms with E-state index in [1.807, 2.05) is 38.1 Å². The Balaban J connectivity index is 1.64. The fourth-order valence-corrected chi connectivity index (χ4v) is 5.07. The average Bonchev–Trinajstić information content (AvgIpc) is 2.72. The van der Waals surface area contributed by atoms with Crippen molar-refractivity contribution in [2.45, 2.75) is 28.9 Å². The molecule has 0 heterocycles. The molecule has 0 saturated carbocycles. The molecule has 3 rings (SSSR count). The van der Waals surface area contributed by atoms with E-state index in [-0.39, 0.29) is 26.8 Å². The normalized spacial score (nSPS) is 12.3. The van der Waals surface area contributed by atoms with Gasteiger partial charge in [0.25, 0.3) is 10.0 Å². The summed E-state index contributed by atoms with van der Waals surface area (Å²) < 4.78 is 27.7. The van der Waals surface area contributed by atoms with Crippen LogP contribution in [0.25, 0.3) is 0 Å². The van der Waals surface area contributed by atoms with Crippen LogP contribution >= 0.6 is 35.0 Å². The van der Waals surface area contributed by atoms with E-state index in [0.29, 0.717) is 10.7 Å². The van der Waals surface area contributed by atoms with E-state index in [4.69, 9.17) is 23.2 Å². The molecular formula is C22H20Cl2N2O3S2. The van der Waals surface area contributed by atoms with E-state index >= 15 is 0 Å². The summed E-state index contributed by atoms with van der Waals surface area (Å²) in [5.74, 6) is -0.174. The van der Waals surface area contributed by atoms with Gasteiger partial charge in [0.1, 0.15) is 0 Å². The maximum atomic E-state index is 12.6. The standard InChI is InChI=1S/C22H20Cl2N2O3S2/c1-14-3-8-18(9-4-14)30-15(2)22(27)25-17-6-10-19(11-7-17)31(28,29)26-21-12-5-16(23)13-20(21)24/h3-13,15,26H,1-2H3,(H,25,27)/t15-/m0/s1. The highest BCUT2D eigenvalue weighted by Crippen LogP contribution is 2.28. The molecule has 162 valence electrons. The van der Waals surface area contributed by atoms with Crippen molar-refractivity contribution in [3.63, 3.8) is 0 Å². The van der Waals surface area contributed by atoms with Gasteiger partial charge in [0, 0.05) is 15.6 Å². The fraction of sp³-hybridized carbons (Fsp3) is 0.136. The van der Waals surface area contributed by atoms with Crippen molar-refractivity contribution in [1.82, 2.24) is 0 Å². The first kappa shape index (κ1) is 23.5. The fourth-order valence-electron chi connectivity index (χ4n) is 2.61. The Morgan fingerprint density at radius 2 is 1.61 bits per heavy atom. The molecule has 9 heteroatoms. The summed E-state index contributed by atoms with van der Waals surface area (Å²) >= 11 is 13.3. The van der Waals surface area contributed by atoms with Gasteiger partial charge < -0.3 is 5.32 Å². The Bertz CT molecular complexity index is 1180. The van der Waals surface area contributed by atoms with Crippen LogP contribution in [0.1, 0.15) is 12.5 Å². The van der Waals surface area contributed by atoms with Crippen LogP contribution in [0.4, 0.5) is 11.4 Å². The molecule has 0 bridgehead atoms. The summed E-state index contributed by atoms with van der Waals surface area (Å²) in [6.07, 6.45) is 0. The zero-order valence-electron chi connectivity index (χ0n) is 16.7. The number of carbonyl (C=O) groups is 1. The highest BCUT2D eigenvalue weighted by atomic mass is 35.5. The van der Waals surface area contributed by atoms with Crippen molar-refractivity contribution >= 4 is 62.3 Å². The predicted octanol–water partition coefficient (Wildman–Crippen LogP) is 6.22. The van der Waals surface area contributed by atoms with Gasteiger partial charge in [-0.05, 0) is 68.4 Å². The molecule has 0 aliphatic carbocycles. The second kappa shape index (κ2) is 9.96. The molecule has 0 unspecified atom stereocenters. The molecule has 5 nitrogen and oxygen atoms in total. The van der Waals surface area contributed by atoms with Gasteiger partial charge in [0.2, 0.25) is 5.91 Å². The lowest BCUT2D eigenvalue weighted by Crippen LogP contribution is -2.22. The van der Waals surface area contributed by atoms with Gasteiger partial charge in [-0.2, -0.15) is 0 Å². The third kappa shape index (κ3) is 6.40. The van der Waals surface area contributed by atoms with Crippen LogP contribution in [-0.2, 0) is 14.8 Å². The number of halogens is 2. The van der Waals surface area contributed by atoms with Crippen molar-refractivity contribution in [2.24, 2.45) is 0 Å². The van der Waals surface area contributed by atoms with E-state index in [0.717, 1.165) is 10.5 Å². The molecule has 1 atom stereocenters. The van der Waals surface area contributed by atoms with Crippen LogP contribution in [0.15, 0.2) is 76.5 Å². The van der Waals surface area contributed by atoms with E-state index < -0.39 is 10.0 Å². The summed E-state index contributed by atoms with van der Waals surface area (Å²) in [5.41, 5.74) is 1.89.